The van der Waals surface area contributed by atoms with E-state index in [1.165, 1.54) is 6.07 Å². The number of halogens is 6. The van der Waals surface area contributed by atoms with E-state index in [0.717, 1.165) is 12.1 Å². The highest BCUT2D eigenvalue weighted by atomic mass is 79.9. The largest absolute Gasteiger partial charge is 0.410 e. The maximum atomic E-state index is 12.6. The van der Waals surface area contributed by atoms with Crippen molar-refractivity contribution < 1.29 is 21.6 Å². The second-order valence-electron chi connectivity index (χ2n) is 3.07. The van der Waals surface area contributed by atoms with Gasteiger partial charge in [0.2, 0.25) is 9.05 Å². The zero-order valence-electron chi connectivity index (χ0n) is 7.80. The van der Waals surface area contributed by atoms with Crippen LogP contribution in [0.15, 0.2) is 27.1 Å². The van der Waals surface area contributed by atoms with Crippen LogP contribution in [0.5, 0.6) is 0 Å². The first-order chi connectivity index (χ1) is 7.53. The van der Waals surface area contributed by atoms with E-state index < -0.39 is 26.0 Å². The second-order valence-corrected chi connectivity index (χ2v) is 7.49. The van der Waals surface area contributed by atoms with Crippen LogP contribution >= 0.6 is 42.5 Å². The molecule has 96 valence electrons. The number of rotatable bonds is 2. The van der Waals surface area contributed by atoms with Crippen molar-refractivity contribution in [2.45, 2.75) is 11.4 Å². The van der Waals surface area contributed by atoms with Gasteiger partial charge in [0.05, 0.1) is 0 Å². The molecule has 1 atom stereocenters. The number of hydrogen-bond acceptors (Lipinski definition) is 2. The minimum atomic E-state index is -4.96. The molecule has 1 rings (SSSR count). The van der Waals surface area contributed by atoms with Crippen LogP contribution in [-0.4, -0.2) is 14.6 Å². The molecule has 0 amide bonds. The molecule has 0 spiro atoms. The average molecular weight is 416 g/mol. The standard InChI is InChI=1S/C8H4Br2ClF3O2S/c9-5-2-1-4(3-6(5)10)7(8(12,13)14)17(11,15)16/h1-3,7H. The third-order valence-electron chi connectivity index (χ3n) is 1.83. The Morgan fingerprint density at radius 3 is 2.06 bits per heavy atom. The van der Waals surface area contributed by atoms with Gasteiger partial charge >= 0.3 is 6.18 Å². The summed E-state index contributed by atoms with van der Waals surface area (Å²) in [4.78, 5) is 0. The normalized spacial score (nSPS) is 14.7. The Balaban J connectivity index is 3.39. The molecule has 0 aliphatic heterocycles. The maximum absolute atomic E-state index is 12.6. The number of benzene rings is 1. The Morgan fingerprint density at radius 1 is 1.18 bits per heavy atom. The predicted molar refractivity (Wildman–Crippen MR) is 65.4 cm³/mol. The molecule has 0 aliphatic rings. The zero-order valence-corrected chi connectivity index (χ0v) is 12.5. The Hall–Kier alpha value is 0.210. The van der Waals surface area contributed by atoms with Crippen molar-refractivity contribution in [1.82, 2.24) is 0 Å². The van der Waals surface area contributed by atoms with Crippen LogP contribution in [0.25, 0.3) is 0 Å². The molecule has 0 aliphatic carbocycles. The lowest BCUT2D eigenvalue weighted by Crippen LogP contribution is -2.25. The van der Waals surface area contributed by atoms with Crippen molar-refractivity contribution >= 4 is 51.6 Å². The molecule has 0 saturated carbocycles. The van der Waals surface area contributed by atoms with Crippen LogP contribution in [-0.2, 0) is 9.05 Å². The maximum Gasteiger partial charge on any atom is 0.410 e. The molecule has 1 unspecified atom stereocenters. The molecule has 0 saturated heterocycles. The van der Waals surface area contributed by atoms with Crippen LogP contribution in [0.2, 0.25) is 0 Å². The predicted octanol–water partition coefficient (Wildman–Crippen LogP) is 4.38. The van der Waals surface area contributed by atoms with Gasteiger partial charge in [-0.15, -0.1) is 0 Å². The fourth-order valence-corrected chi connectivity index (χ4v) is 3.23. The van der Waals surface area contributed by atoms with E-state index in [9.17, 15) is 21.6 Å². The van der Waals surface area contributed by atoms with Gasteiger partial charge in [0.25, 0.3) is 0 Å². The molecule has 2 nitrogen and oxygen atoms in total. The lowest BCUT2D eigenvalue weighted by atomic mass is 10.1. The van der Waals surface area contributed by atoms with E-state index in [4.69, 9.17) is 10.7 Å². The Labute approximate surface area is 117 Å². The van der Waals surface area contributed by atoms with Gasteiger partial charge in [-0.2, -0.15) is 13.2 Å². The monoisotopic (exact) mass is 414 g/mol. The highest BCUT2D eigenvalue weighted by Crippen LogP contribution is 2.42. The topological polar surface area (TPSA) is 34.1 Å². The van der Waals surface area contributed by atoms with E-state index in [1.54, 1.807) is 0 Å². The minimum absolute atomic E-state index is 0.310. The van der Waals surface area contributed by atoms with Crippen molar-refractivity contribution in [2.75, 3.05) is 0 Å². The van der Waals surface area contributed by atoms with Crippen molar-refractivity contribution in [2.24, 2.45) is 0 Å². The SMILES string of the molecule is O=S(=O)(Cl)C(c1ccc(Br)c(Br)c1)C(F)(F)F. The highest BCUT2D eigenvalue weighted by molar-refractivity contribution is 9.13. The van der Waals surface area contributed by atoms with Gasteiger partial charge in [0.15, 0.2) is 5.25 Å². The molecule has 1 aromatic rings. The van der Waals surface area contributed by atoms with Gasteiger partial charge in [0, 0.05) is 19.6 Å². The zero-order chi connectivity index (χ0) is 13.4. The van der Waals surface area contributed by atoms with E-state index >= 15 is 0 Å². The third kappa shape index (κ3) is 3.84. The van der Waals surface area contributed by atoms with Crippen LogP contribution in [0, 0.1) is 0 Å². The summed E-state index contributed by atoms with van der Waals surface area (Å²) in [6, 6.07) is 3.41. The summed E-state index contributed by atoms with van der Waals surface area (Å²) < 4.78 is 60.7. The molecule has 0 N–H and O–H groups in total. The fraction of sp³-hybridized carbons (Fsp3) is 0.250. The molecular weight excluding hydrogens is 412 g/mol. The second kappa shape index (κ2) is 5.07. The van der Waals surface area contributed by atoms with Crippen molar-refractivity contribution in [3.05, 3.63) is 32.7 Å². The molecule has 1 aromatic carbocycles. The van der Waals surface area contributed by atoms with Crippen molar-refractivity contribution in [1.29, 1.82) is 0 Å². The van der Waals surface area contributed by atoms with Gasteiger partial charge < -0.3 is 0 Å². The van der Waals surface area contributed by atoms with Crippen LogP contribution in [0.3, 0.4) is 0 Å². The quantitative estimate of drug-likeness (QED) is 0.671. The van der Waals surface area contributed by atoms with E-state index in [0.29, 0.717) is 8.95 Å². The van der Waals surface area contributed by atoms with Crippen LogP contribution < -0.4 is 0 Å². The lowest BCUT2D eigenvalue weighted by Gasteiger charge is -2.17. The molecule has 0 radical (unpaired) electrons. The first kappa shape index (κ1) is 15.3. The summed E-state index contributed by atoms with van der Waals surface area (Å²) in [5, 5.41) is -2.74. The third-order valence-corrected chi connectivity index (χ3v) is 5.34. The summed E-state index contributed by atoms with van der Waals surface area (Å²) in [6.07, 6.45) is -4.96. The summed E-state index contributed by atoms with van der Waals surface area (Å²) in [7, 11) is 0.0415. The van der Waals surface area contributed by atoms with Gasteiger partial charge in [-0.05, 0) is 49.6 Å². The Bertz CT molecular complexity index is 530. The molecular formula is C8H4Br2ClF3O2S. The first-order valence-corrected chi connectivity index (χ1v) is 7.94. The first-order valence-electron chi connectivity index (χ1n) is 3.98. The fourth-order valence-electron chi connectivity index (χ4n) is 1.19. The minimum Gasteiger partial charge on any atom is -0.211 e. The van der Waals surface area contributed by atoms with Gasteiger partial charge in [-0.3, -0.25) is 0 Å². The molecule has 9 heteroatoms. The summed E-state index contributed by atoms with van der Waals surface area (Å²) in [5.74, 6) is 0. The van der Waals surface area contributed by atoms with Crippen molar-refractivity contribution in [3.63, 3.8) is 0 Å². The van der Waals surface area contributed by atoms with Crippen LogP contribution in [0.4, 0.5) is 13.2 Å². The van der Waals surface area contributed by atoms with E-state index in [-0.39, 0.29) is 0 Å². The lowest BCUT2D eigenvalue weighted by molar-refractivity contribution is -0.131. The Kier molecular flexibility index (Phi) is 4.55. The summed E-state index contributed by atoms with van der Waals surface area (Å²) >= 11 is 6.06. The van der Waals surface area contributed by atoms with Gasteiger partial charge in [-0.25, -0.2) is 8.42 Å². The smallest absolute Gasteiger partial charge is 0.211 e. The molecule has 0 fully saturated rings. The molecule has 0 aromatic heterocycles. The number of hydrogen-bond donors (Lipinski definition) is 0. The Morgan fingerprint density at radius 2 is 1.71 bits per heavy atom. The van der Waals surface area contributed by atoms with Crippen LogP contribution in [0.1, 0.15) is 10.8 Å². The van der Waals surface area contributed by atoms with E-state index in [2.05, 4.69) is 31.9 Å². The van der Waals surface area contributed by atoms with Gasteiger partial charge in [-0.1, -0.05) is 6.07 Å². The van der Waals surface area contributed by atoms with Crippen molar-refractivity contribution in [3.8, 4) is 0 Å². The summed E-state index contributed by atoms with van der Waals surface area (Å²) in [5.41, 5.74) is -0.442. The molecule has 0 heterocycles. The molecule has 0 bridgehead atoms. The highest BCUT2D eigenvalue weighted by Gasteiger charge is 2.49. The average Bonchev–Trinajstić information content (AvgIpc) is 2.06. The number of alkyl halides is 3. The summed E-state index contributed by atoms with van der Waals surface area (Å²) in [6.45, 7) is 0. The molecule has 17 heavy (non-hydrogen) atoms. The van der Waals surface area contributed by atoms with Gasteiger partial charge in [0.1, 0.15) is 0 Å². The van der Waals surface area contributed by atoms with E-state index in [1.807, 2.05) is 0 Å².